The molecule has 4 heteroatoms. The molecular weight excluding hydrogens is 502 g/mol. The van der Waals surface area contributed by atoms with Gasteiger partial charge in [-0.2, -0.15) is 0 Å². The van der Waals surface area contributed by atoms with Gasteiger partial charge in [0.2, 0.25) is 0 Å². The number of Topliss-reactive ketones (excluding diaryl/α,β-unsaturated/α-hetero) is 1. The zero-order chi connectivity index (χ0) is 21.5. The zero-order valence-corrected chi connectivity index (χ0v) is 22.5. The third-order valence-corrected chi connectivity index (χ3v) is 10.5. The molecule has 2 nitrogen and oxygen atoms in total. The van der Waals surface area contributed by atoms with Crippen LogP contribution in [0.25, 0.3) is 0 Å². The molecule has 0 amide bonds. The number of hydrogen-bond acceptors (Lipinski definition) is 2. The van der Waals surface area contributed by atoms with E-state index < -0.39 is 0 Å². The van der Waals surface area contributed by atoms with Crippen molar-refractivity contribution in [3.63, 3.8) is 0 Å². The first-order valence-electron chi connectivity index (χ1n) is 12.2. The van der Waals surface area contributed by atoms with E-state index in [-0.39, 0.29) is 0 Å². The highest BCUT2D eigenvalue weighted by molar-refractivity contribution is 14.2. The summed E-state index contributed by atoms with van der Waals surface area (Å²) in [7, 11) is 0. The van der Waals surface area contributed by atoms with Gasteiger partial charge in [-0.25, -0.2) is 0 Å². The number of fused-ring (bicyclic) bond motifs is 5. The summed E-state index contributed by atoms with van der Waals surface area (Å²) in [6.07, 6.45) is 17.1. The summed E-state index contributed by atoms with van der Waals surface area (Å²) >= 11 is 2.36. The molecule has 0 aromatic heterocycles. The summed E-state index contributed by atoms with van der Waals surface area (Å²) in [6.45, 7) is 10.0. The SMILES string of the molecule is CC(C)CC(=O)CCC1CCC2C3=CC=C4CC(OPI)CCC4(C)C3CCC12C. The summed E-state index contributed by atoms with van der Waals surface area (Å²) in [5.41, 5.74) is 4.18. The standard InChI is InChI=1S/C26H40IO2P/c1-17(2)15-20(28)8-5-18-7-10-23-22-9-6-19-16-21(29-30-27)11-13-26(19,4)24(22)12-14-25(18,23)3/h6,9,17-18,21,23-24,30H,5,7-8,10-16H2,1-4H3. The van der Waals surface area contributed by atoms with Gasteiger partial charge in [-0.15, -0.1) is 0 Å². The number of ketones is 1. The lowest BCUT2D eigenvalue weighted by molar-refractivity contribution is -0.120. The van der Waals surface area contributed by atoms with Crippen molar-refractivity contribution < 1.29 is 9.32 Å². The second kappa shape index (κ2) is 9.26. The summed E-state index contributed by atoms with van der Waals surface area (Å²) < 4.78 is 6.01. The number of carbonyl (C=O) groups is 1. The first-order chi connectivity index (χ1) is 14.3. The molecule has 0 aromatic carbocycles. The maximum absolute atomic E-state index is 12.3. The second-order valence-electron chi connectivity index (χ2n) is 11.4. The van der Waals surface area contributed by atoms with Gasteiger partial charge >= 0.3 is 0 Å². The van der Waals surface area contributed by atoms with Gasteiger partial charge in [-0.05, 0) is 108 Å². The van der Waals surface area contributed by atoms with Crippen LogP contribution in [0.15, 0.2) is 23.3 Å². The Morgan fingerprint density at radius 1 is 1.17 bits per heavy atom. The molecule has 30 heavy (non-hydrogen) atoms. The van der Waals surface area contributed by atoms with E-state index in [0.717, 1.165) is 43.4 Å². The predicted molar refractivity (Wildman–Crippen MR) is 136 cm³/mol. The number of rotatable bonds is 7. The van der Waals surface area contributed by atoms with Gasteiger partial charge in [-0.1, -0.05) is 51.0 Å². The van der Waals surface area contributed by atoms with E-state index in [0.29, 0.717) is 35.1 Å². The molecule has 4 rings (SSSR count). The summed E-state index contributed by atoms with van der Waals surface area (Å²) in [6, 6.07) is 0. The normalized spacial score (nSPS) is 40.7. The van der Waals surface area contributed by atoms with Crippen LogP contribution in [0.4, 0.5) is 0 Å². The quantitative estimate of drug-likeness (QED) is 0.239. The lowest BCUT2D eigenvalue weighted by Crippen LogP contribution is -2.46. The van der Waals surface area contributed by atoms with Crippen molar-refractivity contribution in [2.75, 3.05) is 0 Å². The Bertz CT molecular complexity index is 729. The number of halogens is 1. The molecule has 0 bridgehead atoms. The highest BCUT2D eigenvalue weighted by Crippen LogP contribution is 2.65. The van der Waals surface area contributed by atoms with E-state index in [2.05, 4.69) is 61.9 Å². The Morgan fingerprint density at radius 2 is 1.97 bits per heavy atom. The van der Waals surface area contributed by atoms with Crippen molar-refractivity contribution in [2.24, 2.45) is 34.5 Å². The summed E-state index contributed by atoms with van der Waals surface area (Å²) in [4.78, 5) is 12.3. The van der Waals surface area contributed by atoms with Crippen molar-refractivity contribution in [1.29, 1.82) is 0 Å². The monoisotopic (exact) mass is 542 g/mol. The highest BCUT2D eigenvalue weighted by Gasteiger charge is 2.56. The minimum atomic E-state index is 0.352. The Labute approximate surface area is 198 Å². The number of carbonyl (C=O) groups excluding carboxylic acids is 1. The molecule has 0 aliphatic heterocycles. The molecule has 0 heterocycles. The van der Waals surface area contributed by atoms with Crippen LogP contribution in [0.3, 0.4) is 0 Å². The Balaban J connectivity index is 1.49. The second-order valence-corrected chi connectivity index (χ2v) is 13.1. The van der Waals surface area contributed by atoms with Crippen LogP contribution in [0, 0.1) is 34.5 Å². The van der Waals surface area contributed by atoms with Crippen molar-refractivity contribution in [2.45, 2.75) is 98.0 Å². The third kappa shape index (κ3) is 4.26. The van der Waals surface area contributed by atoms with Gasteiger partial charge in [0, 0.05) is 12.8 Å². The Kier molecular flexibility index (Phi) is 7.23. The van der Waals surface area contributed by atoms with E-state index in [9.17, 15) is 4.79 Å². The fraction of sp³-hybridized carbons (Fsp3) is 0.808. The average molecular weight is 542 g/mol. The number of allylic oxidation sites excluding steroid dienone is 3. The van der Waals surface area contributed by atoms with Crippen molar-refractivity contribution in [3.05, 3.63) is 23.3 Å². The molecule has 4 aliphatic carbocycles. The Hall–Kier alpha value is 0.270. The van der Waals surface area contributed by atoms with Gasteiger partial charge < -0.3 is 4.52 Å². The molecule has 0 aromatic rings. The van der Waals surface area contributed by atoms with Gasteiger partial charge in [0.15, 0.2) is 0 Å². The summed E-state index contributed by atoms with van der Waals surface area (Å²) in [5.74, 6) is 3.17. The van der Waals surface area contributed by atoms with Crippen LogP contribution >= 0.6 is 28.5 Å². The smallest absolute Gasteiger partial charge is 0.133 e. The fourth-order valence-electron chi connectivity index (χ4n) is 7.61. The maximum atomic E-state index is 12.3. The zero-order valence-electron chi connectivity index (χ0n) is 19.3. The van der Waals surface area contributed by atoms with Crippen LogP contribution in [0.5, 0.6) is 0 Å². The largest absolute Gasteiger partial charge is 0.348 e. The molecule has 0 saturated heterocycles. The third-order valence-electron chi connectivity index (χ3n) is 9.34. The topological polar surface area (TPSA) is 26.3 Å². The molecule has 3 saturated carbocycles. The van der Waals surface area contributed by atoms with E-state index in [1.807, 2.05) is 0 Å². The highest BCUT2D eigenvalue weighted by atomic mass is 127. The van der Waals surface area contributed by atoms with E-state index >= 15 is 0 Å². The summed E-state index contributed by atoms with van der Waals surface area (Å²) in [5, 5.41) is 0. The van der Waals surface area contributed by atoms with Crippen molar-refractivity contribution >= 4 is 34.3 Å². The molecule has 3 fully saturated rings. The van der Waals surface area contributed by atoms with Gasteiger partial charge in [-0.3, -0.25) is 4.79 Å². The van der Waals surface area contributed by atoms with Crippen LogP contribution in [0.2, 0.25) is 0 Å². The molecule has 7 unspecified atom stereocenters. The van der Waals surface area contributed by atoms with Crippen LogP contribution in [-0.2, 0) is 9.32 Å². The average Bonchev–Trinajstić information content (AvgIpc) is 3.03. The van der Waals surface area contributed by atoms with Gasteiger partial charge in [0.05, 0.1) is 12.6 Å². The van der Waals surface area contributed by atoms with Crippen LogP contribution in [0.1, 0.15) is 91.9 Å². The lowest BCUT2D eigenvalue weighted by Gasteiger charge is -2.55. The number of hydrogen-bond donors (Lipinski definition) is 0. The van der Waals surface area contributed by atoms with E-state index in [1.165, 1.54) is 38.5 Å². The minimum Gasteiger partial charge on any atom is -0.348 e. The van der Waals surface area contributed by atoms with Crippen LogP contribution in [-0.4, -0.2) is 11.9 Å². The maximum Gasteiger partial charge on any atom is 0.133 e. The molecule has 0 spiro atoms. The lowest BCUT2D eigenvalue weighted by atomic mass is 9.50. The molecule has 168 valence electrons. The predicted octanol–water partition coefficient (Wildman–Crippen LogP) is 8.21. The molecule has 4 aliphatic rings. The van der Waals surface area contributed by atoms with Gasteiger partial charge in [0.25, 0.3) is 0 Å². The molecule has 0 N–H and O–H groups in total. The minimum absolute atomic E-state index is 0.352. The fourth-order valence-corrected chi connectivity index (χ4v) is 9.01. The Morgan fingerprint density at radius 3 is 2.70 bits per heavy atom. The van der Waals surface area contributed by atoms with E-state index in [1.54, 1.807) is 11.1 Å². The first kappa shape index (κ1) is 23.4. The molecular formula is C26H40IO2P. The van der Waals surface area contributed by atoms with Crippen molar-refractivity contribution in [1.82, 2.24) is 0 Å². The molecule has 0 radical (unpaired) electrons. The van der Waals surface area contributed by atoms with Crippen LogP contribution < -0.4 is 0 Å². The van der Waals surface area contributed by atoms with Crippen molar-refractivity contribution in [3.8, 4) is 0 Å². The van der Waals surface area contributed by atoms with E-state index in [4.69, 9.17) is 4.52 Å². The first-order valence-corrected chi connectivity index (χ1v) is 16.2. The van der Waals surface area contributed by atoms with Gasteiger partial charge in [0.1, 0.15) is 5.78 Å². The molecule has 7 atom stereocenters.